The van der Waals surface area contributed by atoms with Crippen LogP contribution < -0.4 is 4.90 Å². The van der Waals surface area contributed by atoms with Crippen LogP contribution in [0, 0.1) is 18.8 Å². The van der Waals surface area contributed by atoms with Crippen LogP contribution in [0.5, 0.6) is 0 Å². The molecule has 0 aromatic heterocycles. The number of benzene rings is 2. The van der Waals surface area contributed by atoms with Crippen molar-refractivity contribution in [1.29, 1.82) is 0 Å². The summed E-state index contributed by atoms with van der Waals surface area (Å²) in [6, 6.07) is 12.1. The minimum Gasteiger partial charge on any atom is -0.455 e. The summed E-state index contributed by atoms with van der Waals surface area (Å²) in [6.45, 7) is 12.8. The van der Waals surface area contributed by atoms with Crippen molar-refractivity contribution < 1.29 is 33.8 Å². The second kappa shape index (κ2) is 16.0. The van der Waals surface area contributed by atoms with E-state index in [1.807, 2.05) is 57.2 Å². The number of aryl methyl sites for hydroxylation is 1. The molecule has 3 saturated heterocycles. The highest BCUT2D eigenvalue weighted by molar-refractivity contribution is 9.09. The number of alkyl halides is 1. The summed E-state index contributed by atoms with van der Waals surface area (Å²) in [5, 5.41) is 10.9. The van der Waals surface area contributed by atoms with Gasteiger partial charge in [0, 0.05) is 24.8 Å². The zero-order valence-electron chi connectivity index (χ0n) is 29.5. The van der Waals surface area contributed by atoms with Gasteiger partial charge in [-0.1, -0.05) is 89.1 Å². The number of fused-ring (bicyclic) bond motifs is 1. The van der Waals surface area contributed by atoms with Crippen LogP contribution in [0.15, 0.2) is 73.8 Å². The van der Waals surface area contributed by atoms with Crippen molar-refractivity contribution in [3.05, 3.63) is 90.0 Å². The summed E-state index contributed by atoms with van der Waals surface area (Å²) in [7, 11) is 1.67. The van der Waals surface area contributed by atoms with E-state index in [2.05, 4.69) is 29.1 Å². The van der Waals surface area contributed by atoms with E-state index >= 15 is 0 Å². The number of hydrogen-bond acceptors (Lipinski definition) is 7. The monoisotopic (exact) mass is 783 g/mol. The predicted octanol–water partition coefficient (Wildman–Crippen LogP) is 5.78. The van der Waals surface area contributed by atoms with Gasteiger partial charge < -0.3 is 29.3 Å². The highest BCUT2D eigenvalue weighted by atomic mass is 79.9. The molecular formula is C39H47BrClN3O7. The summed E-state index contributed by atoms with van der Waals surface area (Å²) in [4.78, 5) is 61.5. The lowest BCUT2D eigenvalue weighted by Gasteiger charge is -2.39. The number of carbonyl (C=O) groups is 4. The molecule has 5 rings (SSSR count). The molecule has 0 radical (unpaired) electrons. The van der Waals surface area contributed by atoms with Gasteiger partial charge >= 0.3 is 5.97 Å². The molecule has 1 unspecified atom stereocenters. The lowest BCUT2D eigenvalue weighted by atomic mass is 9.70. The van der Waals surface area contributed by atoms with Crippen LogP contribution in [0.25, 0.3) is 0 Å². The van der Waals surface area contributed by atoms with Crippen LogP contribution >= 0.6 is 27.5 Å². The summed E-state index contributed by atoms with van der Waals surface area (Å²) in [6.07, 6.45) is 3.03. The molecule has 12 heteroatoms. The summed E-state index contributed by atoms with van der Waals surface area (Å²) >= 11 is 10.4. The van der Waals surface area contributed by atoms with Crippen LogP contribution in [0.1, 0.15) is 56.8 Å². The van der Waals surface area contributed by atoms with E-state index in [-0.39, 0.29) is 30.1 Å². The van der Waals surface area contributed by atoms with Crippen molar-refractivity contribution in [2.24, 2.45) is 11.8 Å². The lowest BCUT2D eigenvalue weighted by molar-refractivity contribution is -0.165. The number of para-hydroxylation sites is 1. The molecule has 9 atom stereocenters. The second-order valence-corrected chi connectivity index (χ2v) is 15.2. The number of nitrogens with zero attached hydrogens (tertiary/aromatic N) is 3. The number of ether oxygens (including phenoxy) is 2. The Balaban J connectivity index is 1.56. The van der Waals surface area contributed by atoms with Crippen LogP contribution in [0.2, 0.25) is 5.02 Å². The summed E-state index contributed by atoms with van der Waals surface area (Å²) in [5.74, 6) is -3.81. The maximum absolute atomic E-state index is 15.0. The van der Waals surface area contributed by atoms with Crippen molar-refractivity contribution >= 4 is 56.9 Å². The van der Waals surface area contributed by atoms with Crippen molar-refractivity contribution in [1.82, 2.24) is 9.80 Å². The van der Waals surface area contributed by atoms with Gasteiger partial charge in [0.15, 0.2) is 0 Å². The van der Waals surface area contributed by atoms with Gasteiger partial charge in [0.25, 0.3) is 5.91 Å². The first-order valence-corrected chi connectivity index (χ1v) is 18.7. The van der Waals surface area contributed by atoms with Gasteiger partial charge in [-0.2, -0.15) is 0 Å². The first-order valence-electron chi connectivity index (χ1n) is 17.4. The zero-order chi connectivity index (χ0) is 37.2. The van der Waals surface area contributed by atoms with E-state index in [9.17, 15) is 24.3 Å². The number of aliphatic hydroxyl groups is 1. The van der Waals surface area contributed by atoms with Gasteiger partial charge in [-0.05, 0) is 50.3 Å². The van der Waals surface area contributed by atoms with Gasteiger partial charge in [0.05, 0.1) is 47.3 Å². The number of esters is 1. The minimum atomic E-state index is -1.40. The molecule has 51 heavy (non-hydrogen) atoms. The summed E-state index contributed by atoms with van der Waals surface area (Å²) < 4.78 is 13.1. The molecule has 10 nitrogen and oxygen atoms in total. The van der Waals surface area contributed by atoms with Gasteiger partial charge in [-0.15, -0.1) is 13.2 Å². The third kappa shape index (κ3) is 6.90. The number of allylic oxidation sites excluding steroid dienone is 1. The number of carbonyl (C=O) groups excluding carboxylic acids is 4. The molecule has 3 heterocycles. The largest absolute Gasteiger partial charge is 0.455 e. The molecule has 3 aliphatic rings. The van der Waals surface area contributed by atoms with Gasteiger partial charge in [0.2, 0.25) is 11.8 Å². The number of rotatable bonds is 15. The SMILES string of the molecule is C=CCCC(=O)N(C)[C@@H](C)[C@@H](OC(=O)[C@@H]1[C@H]2O[C@@]3(CC2Br)[C@H](C(=O)N(CC=C)c2c(C)cccc2Cl)N([C@@H](CC)CO)C(=O)[C@@H]13)c1ccccc1. The van der Waals surface area contributed by atoms with Crippen LogP contribution in [-0.2, 0) is 28.7 Å². The molecule has 2 bridgehead atoms. The van der Waals surface area contributed by atoms with Crippen molar-refractivity contribution in [3.63, 3.8) is 0 Å². The Morgan fingerprint density at radius 1 is 1.18 bits per heavy atom. The Morgan fingerprint density at radius 2 is 1.88 bits per heavy atom. The Kier molecular flexibility index (Phi) is 12.2. The quantitative estimate of drug-likeness (QED) is 0.138. The smallest absolute Gasteiger partial charge is 0.313 e. The average Bonchev–Trinajstić information content (AvgIpc) is 3.72. The Morgan fingerprint density at radius 3 is 2.49 bits per heavy atom. The number of hydrogen-bond donors (Lipinski definition) is 1. The Labute approximate surface area is 313 Å². The van der Waals surface area contributed by atoms with Crippen LogP contribution in [0.4, 0.5) is 5.69 Å². The highest BCUT2D eigenvalue weighted by Crippen LogP contribution is 2.61. The molecule has 3 fully saturated rings. The third-order valence-electron chi connectivity index (χ3n) is 10.7. The van der Waals surface area contributed by atoms with Crippen molar-refractivity contribution in [3.8, 4) is 0 Å². The number of aliphatic hydroxyl groups excluding tert-OH is 1. The van der Waals surface area contributed by atoms with Crippen molar-refractivity contribution in [2.45, 2.75) is 87.2 Å². The fraction of sp³-hybridized carbons (Fsp3) is 0.487. The maximum Gasteiger partial charge on any atom is 0.313 e. The normalized spacial score (nSPS) is 26.6. The molecule has 3 aliphatic heterocycles. The average molecular weight is 785 g/mol. The first kappa shape index (κ1) is 38.7. The van der Waals surface area contributed by atoms with Gasteiger partial charge in [0.1, 0.15) is 17.7 Å². The van der Waals surface area contributed by atoms with E-state index in [0.717, 1.165) is 5.56 Å². The second-order valence-electron chi connectivity index (χ2n) is 13.6. The van der Waals surface area contributed by atoms with E-state index in [4.69, 9.17) is 21.1 Å². The maximum atomic E-state index is 15.0. The first-order chi connectivity index (χ1) is 24.4. The molecule has 274 valence electrons. The number of likely N-dealkylation sites (tertiary alicyclic amines) is 1. The van der Waals surface area contributed by atoms with Crippen molar-refractivity contribution in [2.75, 3.05) is 25.1 Å². The van der Waals surface area contributed by atoms with E-state index in [0.29, 0.717) is 29.1 Å². The molecular weight excluding hydrogens is 738 g/mol. The van der Waals surface area contributed by atoms with E-state index in [1.165, 1.54) is 9.80 Å². The van der Waals surface area contributed by atoms with Gasteiger partial charge in [-0.25, -0.2) is 0 Å². The fourth-order valence-electron chi connectivity index (χ4n) is 8.08. The number of likely N-dealkylation sites (N-methyl/N-ethyl adjacent to an activating group) is 1. The van der Waals surface area contributed by atoms with Crippen LogP contribution in [-0.4, -0.2) is 93.5 Å². The lowest BCUT2D eigenvalue weighted by Crippen LogP contribution is -2.59. The van der Waals surface area contributed by atoms with E-state index in [1.54, 1.807) is 36.2 Å². The standard InChI is InChI=1S/C39H47BrClN3O7/c1-7-10-19-29(46)42(6)24(5)33(25-16-12-11-13-17-25)50-38(49)30-31-36(47)44(26(9-3)22-45)35(39(31)21-27(40)34(30)51-39)37(48)43(20-8-2)32-23(4)15-14-18-28(32)41/h7-8,11-18,24,26-27,30-31,33-35,45H,1-2,9-10,19-22H2,3-6H3/t24-,26-,27?,30-,31+,33+,34-,35-,39+/m0/s1. The van der Waals surface area contributed by atoms with Crippen LogP contribution in [0.3, 0.4) is 0 Å². The molecule has 2 aromatic carbocycles. The predicted molar refractivity (Wildman–Crippen MR) is 199 cm³/mol. The Hall–Kier alpha value is -3.51. The zero-order valence-corrected chi connectivity index (χ0v) is 31.9. The topological polar surface area (TPSA) is 117 Å². The summed E-state index contributed by atoms with van der Waals surface area (Å²) in [5.41, 5.74) is 0.518. The molecule has 1 N–H and O–H groups in total. The number of amides is 3. The number of halogens is 2. The Bertz CT molecular complexity index is 1630. The highest BCUT2D eigenvalue weighted by Gasteiger charge is 2.77. The minimum absolute atomic E-state index is 0.0981. The molecule has 1 spiro atoms. The van der Waals surface area contributed by atoms with E-state index < -0.39 is 72.2 Å². The number of anilines is 1. The molecule has 0 saturated carbocycles. The molecule has 0 aliphatic carbocycles. The third-order valence-corrected chi connectivity index (χ3v) is 11.9. The molecule has 2 aromatic rings. The fourth-order valence-corrected chi connectivity index (χ4v) is 9.35. The van der Waals surface area contributed by atoms with Gasteiger partial charge in [-0.3, -0.25) is 19.2 Å². The molecule has 3 amide bonds.